The van der Waals surface area contributed by atoms with Gasteiger partial charge in [-0.3, -0.25) is 5.41 Å². The summed E-state index contributed by atoms with van der Waals surface area (Å²) in [5.41, 5.74) is 6.88. The second kappa shape index (κ2) is 7.37. The van der Waals surface area contributed by atoms with E-state index in [0.717, 1.165) is 22.6 Å². The number of hydrogen-bond acceptors (Lipinski definition) is 5. The highest BCUT2D eigenvalue weighted by atomic mass is 32.1. The Morgan fingerprint density at radius 1 is 1.07 bits per heavy atom. The molecular weight excluding hydrogens is 380 g/mol. The molecule has 148 valence electrons. The quantitative estimate of drug-likeness (QED) is 0.623. The summed E-state index contributed by atoms with van der Waals surface area (Å²) < 4.78 is 0. The van der Waals surface area contributed by atoms with Crippen LogP contribution in [0.1, 0.15) is 16.1 Å². The summed E-state index contributed by atoms with van der Waals surface area (Å²) in [6.07, 6.45) is 0. The fraction of sp³-hybridized carbons (Fsp3) is 0.217. The van der Waals surface area contributed by atoms with Crippen LogP contribution in [-0.4, -0.2) is 36.6 Å². The zero-order chi connectivity index (χ0) is 20.7. The zero-order valence-corrected chi connectivity index (χ0v) is 17.8. The van der Waals surface area contributed by atoms with Gasteiger partial charge in [0, 0.05) is 36.4 Å². The van der Waals surface area contributed by atoms with Gasteiger partial charge in [-0.25, -0.2) is 4.98 Å². The molecule has 0 unspecified atom stereocenters. The van der Waals surface area contributed by atoms with Gasteiger partial charge in [0.2, 0.25) is 0 Å². The van der Waals surface area contributed by atoms with Crippen molar-refractivity contribution in [2.75, 3.05) is 30.4 Å². The van der Waals surface area contributed by atoms with E-state index in [1.807, 2.05) is 48.6 Å². The van der Waals surface area contributed by atoms with Crippen LogP contribution < -0.4 is 9.80 Å². The second-order valence-electron chi connectivity index (χ2n) is 7.50. The molecule has 29 heavy (non-hydrogen) atoms. The minimum Gasteiger partial charge on any atom is -0.510 e. The number of nitrogens with one attached hydrogen (secondary N) is 1. The van der Waals surface area contributed by atoms with E-state index in [2.05, 4.69) is 32.0 Å². The van der Waals surface area contributed by atoms with Crippen molar-refractivity contribution >= 4 is 34.1 Å². The molecule has 0 amide bonds. The largest absolute Gasteiger partial charge is 0.510 e. The standard InChI is InChI=1S/C23H24N4OS/c1-14-5-6-16(11-15(14)2)19-13-29-23(25-19)21-20(28)12-27(22(21)24)18-9-7-17(8-10-18)26(3)4/h5-11,13,24,28H,12H2,1-4H3. The Balaban J connectivity index is 1.61. The van der Waals surface area contributed by atoms with Gasteiger partial charge in [0.1, 0.15) is 16.6 Å². The molecule has 1 aliphatic rings. The lowest BCUT2D eigenvalue weighted by atomic mass is 10.1. The van der Waals surface area contributed by atoms with Crippen LogP contribution >= 0.6 is 11.3 Å². The van der Waals surface area contributed by atoms with Crippen molar-refractivity contribution in [3.05, 3.63) is 69.7 Å². The molecule has 2 N–H and O–H groups in total. The van der Waals surface area contributed by atoms with Crippen LogP contribution in [0.4, 0.5) is 11.4 Å². The van der Waals surface area contributed by atoms with Crippen molar-refractivity contribution in [2.45, 2.75) is 13.8 Å². The molecule has 3 aromatic rings. The summed E-state index contributed by atoms with van der Waals surface area (Å²) in [6, 6.07) is 14.3. The molecule has 5 nitrogen and oxygen atoms in total. The molecule has 2 aromatic carbocycles. The average molecular weight is 405 g/mol. The first-order valence-corrected chi connectivity index (χ1v) is 10.3. The first-order valence-electron chi connectivity index (χ1n) is 9.44. The van der Waals surface area contributed by atoms with Crippen LogP contribution in [0.5, 0.6) is 0 Å². The highest BCUT2D eigenvalue weighted by Gasteiger charge is 2.31. The summed E-state index contributed by atoms with van der Waals surface area (Å²) in [4.78, 5) is 8.56. The molecule has 6 heteroatoms. The van der Waals surface area contributed by atoms with E-state index in [1.54, 1.807) is 4.90 Å². The van der Waals surface area contributed by atoms with Gasteiger partial charge in [-0.15, -0.1) is 11.3 Å². The molecule has 0 bridgehead atoms. The van der Waals surface area contributed by atoms with Crippen LogP contribution in [-0.2, 0) is 0 Å². The van der Waals surface area contributed by atoms with Gasteiger partial charge in [-0.2, -0.15) is 0 Å². The molecule has 0 spiro atoms. The normalized spacial score (nSPS) is 14.1. The molecule has 1 aliphatic heterocycles. The van der Waals surface area contributed by atoms with E-state index in [-0.39, 0.29) is 18.1 Å². The smallest absolute Gasteiger partial charge is 0.139 e. The lowest BCUT2D eigenvalue weighted by molar-refractivity contribution is 0.411. The van der Waals surface area contributed by atoms with E-state index in [0.29, 0.717) is 10.6 Å². The van der Waals surface area contributed by atoms with Crippen molar-refractivity contribution in [3.8, 4) is 11.3 Å². The van der Waals surface area contributed by atoms with E-state index in [4.69, 9.17) is 10.4 Å². The van der Waals surface area contributed by atoms with E-state index in [1.165, 1.54) is 22.5 Å². The minimum atomic E-state index is 0.188. The van der Waals surface area contributed by atoms with Crippen LogP contribution in [0.2, 0.25) is 0 Å². The Bertz CT molecular complexity index is 1110. The first-order chi connectivity index (χ1) is 13.8. The third-order valence-electron chi connectivity index (χ3n) is 5.30. The van der Waals surface area contributed by atoms with Gasteiger partial charge in [-0.05, 0) is 55.3 Å². The van der Waals surface area contributed by atoms with Crippen molar-refractivity contribution in [1.82, 2.24) is 4.98 Å². The summed E-state index contributed by atoms with van der Waals surface area (Å²) in [5.74, 6) is 0.466. The maximum atomic E-state index is 10.6. The number of benzene rings is 2. The summed E-state index contributed by atoms with van der Waals surface area (Å²) >= 11 is 1.46. The van der Waals surface area contributed by atoms with Gasteiger partial charge < -0.3 is 14.9 Å². The average Bonchev–Trinajstić information content (AvgIpc) is 3.28. The van der Waals surface area contributed by atoms with Crippen LogP contribution in [0.25, 0.3) is 16.8 Å². The maximum Gasteiger partial charge on any atom is 0.139 e. The molecule has 0 radical (unpaired) electrons. The van der Waals surface area contributed by atoms with Crippen molar-refractivity contribution < 1.29 is 5.11 Å². The summed E-state index contributed by atoms with van der Waals surface area (Å²) in [5, 5.41) is 21.9. The molecule has 2 heterocycles. The third kappa shape index (κ3) is 3.51. The number of aliphatic hydroxyl groups is 1. The predicted molar refractivity (Wildman–Crippen MR) is 122 cm³/mol. The topological polar surface area (TPSA) is 63.5 Å². The Morgan fingerprint density at radius 3 is 2.45 bits per heavy atom. The first kappa shape index (κ1) is 19.2. The predicted octanol–water partition coefficient (Wildman–Crippen LogP) is 5.26. The van der Waals surface area contributed by atoms with Crippen molar-refractivity contribution in [2.24, 2.45) is 0 Å². The fourth-order valence-corrected chi connectivity index (χ4v) is 4.27. The second-order valence-corrected chi connectivity index (χ2v) is 8.36. The monoisotopic (exact) mass is 404 g/mol. The van der Waals surface area contributed by atoms with Crippen molar-refractivity contribution in [3.63, 3.8) is 0 Å². The van der Waals surface area contributed by atoms with Gasteiger partial charge >= 0.3 is 0 Å². The van der Waals surface area contributed by atoms with E-state index in [9.17, 15) is 5.11 Å². The number of nitrogens with zero attached hydrogens (tertiary/aromatic N) is 3. The maximum absolute atomic E-state index is 10.6. The fourth-order valence-electron chi connectivity index (χ4n) is 3.38. The number of amidine groups is 1. The number of aliphatic hydroxyl groups excluding tert-OH is 1. The lowest BCUT2D eigenvalue weighted by Crippen LogP contribution is -2.26. The molecular formula is C23H24N4OS. The number of thiazole rings is 1. The summed E-state index contributed by atoms with van der Waals surface area (Å²) in [7, 11) is 3.99. The molecule has 1 aromatic heterocycles. The number of anilines is 2. The third-order valence-corrected chi connectivity index (χ3v) is 6.16. The molecule has 4 rings (SSSR count). The Morgan fingerprint density at radius 2 is 1.79 bits per heavy atom. The number of hydrogen-bond donors (Lipinski definition) is 2. The van der Waals surface area contributed by atoms with Crippen LogP contribution in [0, 0.1) is 19.3 Å². The van der Waals surface area contributed by atoms with Crippen LogP contribution in [0.3, 0.4) is 0 Å². The van der Waals surface area contributed by atoms with E-state index >= 15 is 0 Å². The molecule has 0 fully saturated rings. The SMILES string of the molecule is Cc1ccc(-c2csc(C3=C(O)CN(c4ccc(N(C)C)cc4)C3=N)n2)cc1C. The molecule has 0 atom stereocenters. The summed E-state index contributed by atoms with van der Waals surface area (Å²) in [6.45, 7) is 4.47. The zero-order valence-electron chi connectivity index (χ0n) is 17.0. The Kier molecular flexibility index (Phi) is 4.88. The number of aryl methyl sites for hydroxylation is 2. The minimum absolute atomic E-state index is 0.188. The number of aromatic nitrogens is 1. The highest BCUT2D eigenvalue weighted by molar-refractivity contribution is 7.11. The van der Waals surface area contributed by atoms with Gasteiger partial charge in [0.25, 0.3) is 0 Å². The highest BCUT2D eigenvalue weighted by Crippen LogP contribution is 2.35. The molecule has 0 aliphatic carbocycles. The Labute approximate surface area is 175 Å². The van der Waals surface area contributed by atoms with Gasteiger partial charge in [0.05, 0.1) is 17.8 Å². The van der Waals surface area contributed by atoms with Crippen molar-refractivity contribution in [1.29, 1.82) is 5.41 Å². The number of rotatable bonds is 4. The molecule has 0 saturated heterocycles. The van der Waals surface area contributed by atoms with E-state index < -0.39 is 0 Å². The van der Waals surface area contributed by atoms with Gasteiger partial charge in [0.15, 0.2) is 0 Å². The van der Waals surface area contributed by atoms with Crippen LogP contribution in [0.15, 0.2) is 53.6 Å². The lowest BCUT2D eigenvalue weighted by Gasteiger charge is -2.20. The molecule has 0 saturated carbocycles. The Hall–Kier alpha value is -3.12. The van der Waals surface area contributed by atoms with Gasteiger partial charge in [-0.1, -0.05) is 12.1 Å².